The first-order valence-corrected chi connectivity index (χ1v) is 9.20. The van der Waals surface area contributed by atoms with Gasteiger partial charge in [-0.25, -0.2) is 0 Å². The van der Waals surface area contributed by atoms with Crippen molar-refractivity contribution >= 4 is 17.4 Å². The van der Waals surface area contributed by atoms with Gasteiger partial charge < -0.3 is 19.5 Å². The Kier molecular flexibility index (Phi) is 5.42. The van der Waals surface area contributed by atoms with Crippen LogP contribution in [-0.4, -0.2) is 37.1 Å². The molecule has 6 nitrogen and oxygen atoms in total. The van der Waals surface area contributed by atoms with Gasteiger partial charge in [0.1, 0.15) is 12.4 Å². The number of methoxy groups -OCH3 is 1. The third-order valence-electron chi connectivity index (χ3n) is 5.02. The standard InChI is InChI=1S/C22H25NO5/c1-14-9-10-15(2)20-19(14)22(26,13-16(3)24)21(25)23(20)11-12-28-18-8-6-5-7-17(18)27-4/h5-10,26H,11-13H2,1-4H3. The molecule has 0 bridgehead atoms. The zero-order chi connectivity index (χ0) is 20.5. The van der Waals surface area contributed by atoms with Crippen molar-refractivity contribution in [3.8, 4) is 11.5 Å². The third kappa shape index (κ3) is 3.36. The molecule has 0 aromatic heterocycles. The van der Waals surface area contributed by atoms with Crippen LogP contribution in [-0.2, 0) is 15.2 Å². The Morgan fingerprint density at radius 3 is 2.39 bits per heavy atom. The number of para-hydroxylation sites is 2. The molecule has 1 atom stereocenters. The quantitative estimate of drug-likeness (QED) is 0.796. The molecule has 0 spiro atoms. The van der Waals surface area contributed by atoms with E-state index in [1.807, 2.05) is 38.1 Å². The minimum atomic E-state index is -1.83. The summed E-state index contributed by atoms with van der Waals surface area (Å²) >= 11 is 0. The van der Waals surface area contributed by atoms with Gasteiger partial charge >= 0.3 is 0 Å². The molecule has 0 saturated heterocycles. The molecule has 28 heavy (non-hydrogen) atoms. The molecule has 148 valence electrons. The Balaban J connectivity index is 1.89. The van der Waals surface area contributed by atoms with E-state index in [0.29, 0.717) is 22.7 Å². The Hall–Kier alpha value is -2.86. The first-order valence-electron chi connectivity index (χ1n) is 9.20. The summed E-state index contributed by atoms with van der Waals surface area (Å²) in [7, 11) is 1.57. The van der Waals surface area contributed by atoms with Gasteiger partial charge in [0.25, 0.3) is 5.91 Å². The molecule has 0 saturated carbocycles. The molecule has 6 heteroatoms. The van der Waals surface area contributed by atoms with Crippen LogP contribution >= 0.6 is 0 Å². The molecule has 1 amide bonds. The predicted molar refractivity (Wildman–Crippen MR) is 106 cm³/mol. The Labute approximate surface area is 164 Å². The number of hydrogen-bond acceptors (Lipinski definition) is 5. The summed E-state index contributed by atoms with van der Waals surface area (Å²) < 4.78 is 11.1. The lowest BCUT2D eigenvalue weighted by atomic mass is 9.86. The molecule has 1 aliphatic heterocycles. The van der Waals surface area contributed by atoms with Crippen molar-refractivity contribution in [3.63, 3.8) is 0 Å². The van der Waals surface area contributed by atoms with Crippen LogP contribution in [0, 0.1) is 13.8 Å². The van der Waals surface area contributed by atoms with Gasteiger partial charge in [0.2, 0.25) is 0 Å². The van der Waals surface area contributed by atoms with Gasteiger partial charge in [-0.15, -0.1) is 0 Å². The van der Waals surface area contributed by atoms with E-state index in [9.17, 15) is 14.7 Å². The van der Waals surface area contributed by atoms with Gasteiger partial charge in [0.15, 0.2) is 17.1 Å². The number of carbonyl (C=O) groups is 2. The van der Waals surface area contributed by atoms with E-state index in [0.717, 1.165) is 11.1 Å². The van der Waals surface area contributed by atoms with Crippen molar-refractivity contribution in [2.24, 2.45) is 0 Å². The van der Waals surface area contributed by atoms with E-state index in [4.69, 9.17) is 9.47 Å². The SMILES string of the molecule is COc1ccccc1OCCN1C(=O)C(O)(CC(C)=O)c2c(C)ccc(C)c21. The average Bonchev–Trinajstić information content (AvgIpc) is 2.87. The number of anilines is 1. The second-order valence-corrected chi connectivity index (χ2v) is 7.12. The summed E-state index contributed by atoms with van der Waals surface area (Å²) in [6.45, 7) is 5.57. The lowest BCUT2D eigenvalue weighted by Gasteiger charge is -2.23. The van der Waals surface area contributed by atoms with E-state index in [1.54, 1.807) is 19.2 Å². The summed E-state index contributed by atoms with van der Waals surface area (Å²) in [6.07, 6.45) is -0.243. The monoisotopic (exact) mass is 383 g/mol. The molecule has 2 aromatic rings. The van der Waals surface area contributed by atoms with Crippen LogP contribution < -0.4 is 14.4 Å². The number of amides is 1. The Morgan fingerprint density at radius 1 is 1.11 bits per heavy atom. The lowest BCUT2D eigenvalue weighted by molar-refractivity contribution is -0.141. The molecular formula is C22H25NO5. The fourth-order valence-electron chi connectivity index (χ4n) is 3.82. The van der Waals surface area contributed by atoms with Crippen molar-refractivity contribution in [3.05, 3.63) is 53.1 Å². The van der Waals surface area contributed by atoms with Gasteiger partial charge in [-0.3, -0.25) is 9.59 Å². The number of rotatable bonds is 7. The van der Waals surface area contributed by atoms with Crippen LogP contribution in [0.2, 0.25) is 0 Å². The number of nitrogens with zero attached hydrogens (tertiary/aromatic N) is 1. The van der Waals surface area contributed by atoms with Gasteiger partial charge in [-0.2, -0.15) is 0 Å². The second kappa shape index (κ2) is 7.64. The maximum absolute atomic E-state index is 13.1. The van der Waals surface area contributed by atoms with Gasteiger partial charge in [-0.05, 0) is 44.0 Å². The van der Waals surface area contributed by atoms with E-state index >= 15 is 0 Å². The third-order valence-corrected chi connectivity index (χ3v) is 5.02. The highest BCUT2D eigenvalue weighted by atomic mass is 16.5. The fraction of sp³-hybridized carbons (Fsp3) is 0.364. The summed E-state index contributed by atoms with van der Waals surface area (Å²) in [5, 5.41) is 11.2. The number of benzene rings is 2. The minimum absolute atomic E-state index is 0.217. The van der Waals surface area contributed by atoms with Crippen LogP contribution in [0.25, 0.3) is 0 Å². The van der Waals surface area contributed by atoms with E-state index < -0.39 is 11.5 Å². The first-order chi connectivity index (χ1) is 13.3. The molecule has 1 heterocycles. The molecule has 1 N–H and O–H groups in total. The summed E-state index contributed by atoms with van der Waals surface area (Å²) in [5.74, 6) is 0.459. The number of ether oxygens (including phenoxy) is 2. The van der Waals surface area contributed by atoms with Crippen molar-refractivity contribution in [2.45, 2.75) is 32.8 Å². The normalized spacial score (nSPS) is 18.2. The van der Waals surface area contributed by atoms with Crippen LogP contribution in [0.3, 0.4) is 0 Å². The van der Waals surface area contributed by atoms with Gasteiger partial charge in [-0.1, -0.05) is 24.3 Å². The topological polar surface area (TPSA) is 76.1 Å². The minimum Gasteiger partial charge on any atom is -0.493 e. The molecule has 1 aliphatic rings. The molecular weight excluding hydrogens is 358 g/mol. The van der Waals surface area contributed by atoms with Crippen LogP contribution in [0.4, 0.5) is 5.69 Å². The molecule has 3 rings (SSSR count). The highest BCUT2D eigenvalue weighted by molar-refractivity contribution is 6.09. The van der Waals surface area contributed by atoms with Crippen molar-refractivity contribution in [1.82, 2.24) is 0 Å². The number of fused-ring (bicyclic) bond motifs is 1. The van der Waals surface area contributed by atoms with Crippen LogP contribution in [0.1, 0.15) is 30.0 Å². The molecule has 0 fully saturated rings. The highest BCUT2D eigenvalue weighted by Gasteiger charge is 2.51. The summed E-state index contributed by atoms with van der Waals surface area (Å²) in [4.78, 5) is 26.4. The molecule has 2 aromatic carbocycles. The number of aryl methyl sites for hydroxylation is 2. The fourth-order valence-corrected chi connectivity index (χ4v) is 3.82. The molecule has 0 radical (unpaired) electrons. The van der Waals surface area contributed by atoms with Crippen LogP contribution in [0.15, 0.2) is 36.4 Å². The van der Waals surface area contributed by atoms with Crippen molar-refractivity contribution < 1.29 is 24.2 Å². The number of aliphatic hydroxyl groups is 1. The largest absolute Gasteiger partial charge is 0.493 e. The van der Waals surface area contributed by atoms with Gasteiger partial charge in [0.05, 0.1) is 19.3 Å². The first kappa shape index (κ1) is 19.9. The Bertz CT molecular complexity index is 923. The predicted octanol–water partition coefficient (Wildman–Crippen LogP) is 2.90. The van der Waals surface area contributed by atoms with E-state index in [-0.39, 0.29) is 25.4 Å². The van der Waals surface area contributed by atoms with E-state index in [1.165, 1.54) is 11.8 Å². The lowest BCUT2D eigenvalue weighted by Crippen LogP contribution is -2.43. The second-order valence-electron chi connectivity index (χ2n) is 7.12. The summed E-state index contributed by atoms with van der Waals surface area (Å²) in [5.41, 5.74) is 1.00. The maximum Gasteiger partial charge on any atom is 0.264 e. The smallest absolute Gasteiger partial charge is 0.264 e. The van der Waals surface area contributed by atoms with Crippen molar-refractivity contribution in [2.75, 3.05) is 25.2 Å². The summed E-state index contributed by atoms with van der Waals surface area (Å²) in [6, 6.07) is 11.1. The number of Topliss-reactive ketones (excluding diaryl/α,β-unsaturated/α-hetero) is 1. The van der Waals surface area contributed by atoms with Gasteiger partial charge in [0, 0.05) is 12.0 Å². The molecule has 1 unspecified atom stereocenters. The van der Waals surface area contributed by atoms with Crippen LogP contribution in [0.5, 0.6) is 11.5 Å². The highest BCUT2D eigenvalue weighted by Crippen LogP contribution is 2.46. The van der Waals surface area contributed by atoms with E-state index in [2.05, 4.69) is 0 Å². The maximum atomic E-state index is 13.1. The van der Waals surface area contributed by atoms with Crippen molar-refractivity contribution in [1.29, 1.82) is 0 Å². The number of hydrogen-bond donors (Lipinski definition) is 1. The zero-order valence-electron chi connectivity index (χ0n) is 16.6. The zero-order valence-corrected chi connectivity index (χ0v) is 16.6. The number of carbonyl (C=O) groups excluding carboxylic acids is 2. The number of ketones is 1. The average molecular weight is 383 g/mol. The Morgan fingerprint density at radius 2 is 1.75 bits per heavy atom. The molecule has 0 aliphatic carbocycles.